The number of carbonyl (C=O) groups is 2. The lowest BCUT2D eigenvalue weighted by Gasteiger charge is -2.18. The molecule has 2 N–H and O–H groups in total. The number of carbonyl (C=O) groups excluding carboxylic acids is 2. The third-order valence-electron chi connectivity index (χ3n) is 4.07. The summed E-state index contributed by atoms with van der Waals surface area (Å²) in [5.41, 5.74) is 3.35. The number of piperidine rings is 1. The molecular weight excluding hydrogens is 270 g/mol. The lowest BCUT2D eigenvalue weighted by molar-refractivity contribution is -0.134. The predicted octanol–water partition coefficient (Wildman–Crippen LogP) is 2.14. The summed E-state index contributed by atoms with van der Waals surface area (Å²) in [6.07, 6.45) is 2.65. The molecule has 0 aliphatic carbocycles. The SMILES string of the molecule is Cc1cc2onc(C3CCC(=O)NC3=O)c2c2cc[nH]c12. The zero-order chi connectivity index (χ0) is 14.6. The van der Waals surface area contributed by atoms with E-state index in [2.05, 4.69) is 15.5 Å². The maximum absolute atomic E-state index is 12.1. The maximum atomic E-state index is 12.1. The Morgan fingerprint density at radius 2 is 2.24 bits per heavy atom. The van der Waals surface area contributed by atoms with E-state index in [1.54, 1.807) is 0 Å². The number of aromatic nitrogens is 2. The summed E-state index contributed by atoms with van der Waals surface area (Å²) in [5.74, 6) is -0.970. The molecule has 2 amide bonds. The average Bonchev–Trinajstić information content (AvgIpc) is 3.05. The standard InChI is InChI=1S/C15H13N3O3/c1-7-6-10-12(8-4-5-16-13(7)8)14(18-21-10)9-2-3-11(19)17-15(9)20/h4-6,9,16H,2-3H2,1H3,(H,17,19,20). The fraction of sp³-hybridized carbons (Fsp3) is 0.267. The van der Waals surface area contributed by atoms with E-state index in [0.29, 0.717) is 24.1 Å². The minimum atomic E-state index is -0.440. The topological polar surface area (TPSA) is 88.0 Å². The number of fused-ring (bicyclic) bond motifs is 3. The van der Waals surface area contributed by atoms with Crippen LogP contribution in [0.5, 0.6) is 0 Å². The van der Waals surface area contributed by atoms with Crippen molar-refractivity contribution >= 4 is 33.7 Å². The molecule has 1 aliphatic heterocycles. The number of rotatable bonds is 1. The van der Waals surface area contributed by atoms with Gasteiger partial charge in [0.1, 0.15) is 5.69 Å². The number of nitrogens with one attached hydrogen (secondary N) is 2. The van der Waals surface area contributed by atoms with Crippen LogP contribution in [0.1, 0.15) is 30.0 Å². The number of H-pyrrole nitrogens is 1. The Bertz CT molecular complexity index is 890. The summed E-state index contributed by atoms with van der Waals surface area (Å²) >= 11 is 0. The van der Waals surface area contributed by atoms with E-state index in [-0.39, 0.29) is 11.8 Å². The number of imide groups is 1. The minimum absolute atomic E-state index is 0.230. The summed E-state index contributed by atoms with van der Waals surface area (Å²) in [6, 6.07) is 3.87. The van der Waals surface area contributed by atoms with Crippen LogP contribution in [0, 0.1) is 6.92 Å². The number of hydrogen-bond acceptors (Lipinski definition) is 4. The molecule has 1 saturated heterocycles. The van der Waals surface area contributed by atoms with Crippen LogP contribution in [0.3, 0.4) is 0 Å². The smallest absolute Gasteiger partial charge is 0.235 e. The molecule has 0 saturated carbocycles. The zero-order valence-corrected chi connectivity index (χ0v) is 11.4. The van der Waals surface area contributed by atoms with Crippen molar-refractivity contribution in [2.75, 3.05) is 0 Å². The highest BCUT2D eigenvalue weighted by Gasteiger charge is 2.32. The van der Waals surface area contributed by atoms with Crippen LogP contribution in [-0.4, -0.2) is 22.0 Å². The summed E-state index contributed by atoms with van der Waals surface area (Å²) in [5, 5.41) is 8.32. The molecule has 1 unspecified atom stereocenters. The second kappa shape index (κ2) is 4.18. The van der Waals surface area contributed by atoms with Gasteiger partial charge >= 0.3 is 0 Å². The number of benzene rings is 1. The van der Waals surface area contributed by atoms with Gasteiger partial charge in [0.2, 0.25) is 11.8 Å². The zero-order valence-electron chi connectivity index (χ0n) is 11.4. The monoisotopic (exact) mass is 283 g/mol. The maximum Gasteiger partial charge on any atom is 0.235 e. The van der Waals surface area contributed by atoms with Crippen LogP contribution >= 0.6 is 0 Å². The van der Waals surface area contributed by atoms with Crippen LogP contribution in [0.25, 0.3) is 21.9 Å². The van der Waals surface area contributed by atoms with E-state index in [0.717, 1.165) is 21.9 Å². The molecule has 106 valence electrons. The first-order valence-corrected chi connectivity index (χ1v) is 6.85. The van der Waals surface area contributed by atoms with Gasteiger partial charge in [0.05, 0.1) is 11.3 Å². The Hall–Kier alpha value is -2.63. The van der Waals surface area contributed by atoms with Gasteiger partial charge in [-0.2, -0.15) is 0 Å². The Morgan fingerprint density at radius 3 is 3.05 bits per heavy atom. The minimum Gasteiger partial charge on any atom is -0.361 e. The van der Waals surface area contributed by atoms with Crippen molar-refractivity contribution in [1.29, 1.82) is 0 Å². The van der Waals surface area contributed by atoms with Crippen molar-refractivity contribution in [3.05, 3.63) is 29.6 Å². The van der Waals surface area contributed by atoms with E-state index >= 15 is 0 Å². The number of hydrogen-bond donors (Lipinski definition) is 2. The lowest BCUT2D eigenvalue weighted by Crippen LogP contribution is -2.39. The van der Waals surface area contributed by atoms with Crippen LogP contribution in [0.2, 0.25) is 0 Å². The molecule has 21 heavy (non-hydrogen) atoms. The molecule has 6 nitrogen and oxygen atoms in total. The average molecular weight is 283 g/mol. The highest BCUT2D eigenvalue weighted by atomic mass is 16.5. The normalized spacial score (nSPS) is 19.4. The molecular formula is C15H13N3O3. The molecule has 3 heterocycles. The van der Waals surface area contributed by atoms with Gasteiger partial charge in [-0.05, 0) is 31.0 Å². The summed E-state index contributed by atoms with van der Waals surface area (Å²) < 4.78 is 5.41. The molecule has 1 aliphatic rings. The Labute approximate surface area is 119 Å². The van der Waals surface area contributed by atoms with Crippen molar-refractivity contribution in [3.8, 4) is 0 Å². The van der Waals surface area contributed by atoms with Crippen molar-refractivity contribution in [1.82, 2.24) is 15.5 Å². The molecule has 6 heteroatoms. The van der Waals surface area contributed by atoms with Crippen molar-refractivity contribution in [2.24, 2.45) is 0 Å². The molecule has 3 aromatic rings. The van der Waals surface area contributed by atoms with Gasteiger partial charge in [-0.3, -0.25) is 14.9 Å². The third-order valence-corrected chi connectivity index (χ3v) is 4.07. The third kappa shape index (κ3) is 1.68. The van der Waals surface area contributed by atoms with Gasteiger partial charge in [0.25, 0.3) is 0 Å². The fourth-order valence-corrected chi connectivity index (χ4v) is 3.05. The molecule has 0 radical (unpaired) electrons. The summed E-state index contributed by atoms with van der Waals surface area (Å²) in [4.78, 5) is 26.5. The van der Waals surface area contributed by atoms with E-state index < -0.39 is 5.92 Å². The van der Waals surface area contributed by atoms with Gasteiger partial charge in [-0.1, -0.05) is 5.16 Å². The number of nitrogens with zero attached hydrogens (tertiary/aromatic N) is 1. The van der Waals surface area contributed by atoms with Crippen LogP contribution in [-0.2, 0) is 9.59 Å². The largest absolute Gasteiger partial charge is 0.361 e. The van der Waals surface area contributed by atoms with Crippen LogP contribution in [0.15, 0.2) is 22.9 Å². The van der Waals surface area contributed by atoms with E-state index in [9.17, 15) is 9.59 Å². The fourth-order valence-electron chi connectivity index (χ4n) is 3.05. The Morgan fingerprint density at radius 1 is 1.38 bits per heavy atom. The van der Waals surface area contributed by atoms with E-state index in [1.807, 2.05) is 25.3 Å². The van der Waals surface area contributed by atoms with Crippen LogP contribution in [0.4, 0.5) is 0 Å². The molecule has 1 aromatic carbocycles. The first-order chi connectivity index (χ1) is 10.1. The summed E-state index contributed by atoms with van der Waals surface area (Å²) in [6.45, 7) is 1.99. The van der Waals surface area contributed by atoms with E-state index in [4.69, 9.17) is 4.52 Å². The molecule has 0 bridgehead atoms. The van der Waals surface area contributed by atoms with Gasteiger partial charge < -0.3 is 9.51 Å². The molecule has 0 spiro atoms. The van der Waals surface area contributed by atoms with E-state index in [1.165, 1.54) is 0 Å². The van der Waals surface area contributed by atoms with Crippen molar-refractivity contribution in [2.45, 2.75) is 25.7 Å². The second-order valence-electron chi connectivity index (χ2n) is 5.40. The molecule has 4 rings (SSSR count). The number of aromatic amines is 1. The van der Waals surface area contributed by atoms with Gasteiger partial charge in [-0.25, -0.2) is 0 Å². The van der Waals surface area contributed by atoms with Gasteiger partial charge in [-0.15, -0.1) is 0 Å². The molecule has 2 aromatic heterocycles. The van der Waals surface area contributed by atoms with Gasteiger partial charge in [0, 0.05) is 23.5 Å². The molecule has 1 atom stereocenters. The molecule has 1 fully saturated rings. The van der Waals surface area contributed by atoms with Gasteiger partial charge in [0.15, 0.2) is 5.58 Å². The lowest BCUT2D eigenvalue weighted by atomic mass is 9.91. The predicted molar refractivity (Wildman–Crippen MR) is 75.7 cm³/mol. The summed E-state index contributed by atoms with van der Waals surface area (Å²) in [7, 11) is 0. The van der Waals surface area contributed by atoms with Crippen molar-refractivity contribution in [3.63, 3.8) is 0 Å². The number of amides is 2. The Kier molecular flexibility index (Phi) is 2.42. The Balaban J connectivity index is 1.96. The first-order valence-electron chi connectivity index (χ1n) is 6.85. The second-order valence-corrected chi connectivity index (χ2v) is 5.40. The number of aryl methyl sites for hydroxylation is 1. The highest BCUT2D eigenvalue weighted by molar-refractivity contribution is 6.10. The van der Waals surface area contributed by atoms with Crippen molar-refractivity contribution < 1.29 is 14.1 Å². The first kappa shape index (κ1) is 12.1. The van der Waals surface area contributed by atoms with Crippen LogP contribution < -0.4 is 5.32 Å². The quantitative estimate of drug-likeness (QED) is 0.670. The highest BCUT2D eigenvalue weighted by Crippen LogP contribution is 2.35.